The van der Waals surface area contributed by atoms with Crippen LogP contribution in [0.15, 0.2) is 48.7 Å². The Morgan fingerprint density at radius 3 is 2.46 bits per heavy atom. The number of carbonyl (C=O) groups is 1. The highest BCUT2D eigenvalue weighted by atomic mass is 19.4. The van der Waals surface area contributed by atoms with Gasteiger partial charge in [0.15, 0.2) is 0 Å². The first kappa shape index (κ1) is 17.5. The number of ether oxygens (including phenoxy) is 1. The second kappa shape index (κ2) is 7.63. The van der Waals surface area contributed by atoms with E-state index in [1.165, 1.54) is 31.4 Å². The molecule has 0 radical (unpaired) electrons. The van der Waals surface area contributed by atoms with Crippen LogP contribution in [-0.2, 0) is 17.5 Å². The number of rotatable bonds is 5. The molecule has 0 aliphatic heterocycles. The lowest BCUT2D eigenvalue weighted by atomic mass is 10.1. The number of methoxy groups -OCH3 is 1. The molecule has 0 unspecified atom stereocenters. The van der Waals surface area contributed by atoms with E-state index >= 15 is 0 Å². The lowest BCUT2D eigenvalue weighted by Crippen LogP contribution is -2.20. The Bertz CT molecular complexity index is 708. The normalized spacial score (nSPS) is 11.5. The Morgan fingerprint density at radius 2 is 1.92 bits per heavy atom. The van der Waals surface area contributed by atoms with Crippen LogP contribution in [0.25, 0.3) is 6.08 Å². The number of carbonyl (C=O) groups excluding carboxylic acids is 1. The van der Waals surface area contributed by atoms with Crippen LogP contribution in [0.3, 0.4) is 0 Å². The zero-order valence-electron chi connectivity index (χ0n) is 12.8. The molecule has 1 amide bonds. The minimum atomic E-state index is -4.37. The van der Waals surface area contributed by atoms with Gasteiger partial charge in [-0.3, -0.25) is 4.79 Å². The Kier molecular flexibility index (Phi) is 5.57. The molecule has 1 aromatic heterocycles. The van der Waals surface area contributed by atoms with Gasteiger partial charge in [-0.2, -0.15) is 13.2 Å². The molecular formula is C17H15F3N2O2. The maximum Gasteiger partial charge on any atom is 0.416 e. The van der Waals surface area contributed by atoms with Crippen molar-refractivity contribution in [1.29, 1.82) is 0 Å². The molecule has 1 N–H and O–H groups in total. The molecule has 0 aliphatic rings. The molecule has 126 valence electrons. The van der Waals surface area contributed by atoms with Crippen molar-refractivity contribution in [3.63, 3.8) is 0 Å². The molecule has 0 aliphatic carbocycles. The van der Waals surface area contributed by atoms with Crippen molar-refractivity contribution in [3.05, 3.63) is 65.4 Å². The molecule has 0 fully saturated rings. The molecular weight excluding hydrogens is 321 g/mol. The summed E-state index contributed by atoms with van der Waals surface area (Å²) in [6.07, 6.45) is -0.0774. The third-order valence-corrected chi connectivity index (χ3v) is 3.14. The van der Waals surface area contributed by atoms with E-state index in [9.17, 15) is 18.0 Å². The van der Waals surface area contributed by atoms with Gasteiger partial charge >= 0.3 is 6.18 Å². The van der Waals surface area contributed by atoms with Crippen molar-refractivity contribution in [3.8, 4) is 5.88 Å². The van der Waals surface area contributed by atoms with E-state index in [0.29, 0.717) is 11.4 Å². The average molecular weight is 336 g/mol. The van der Waals surface area contributed by atoms with E-state index in [2.05, 4.69) is 10.3 Å². The zero-order valence-corrected chi connectivity index (χ0v) is 12.8. The van der Waals surface area contributed by atoms with E-state index in [-0.39, 0.29) is 12.5 Å². The number of hydrogen-bond acceptors (Lipinski definition) is 3. The third kappa shape index (κ3) is 5.12. The quantitative estimate of drug-likeness (QED) is 0.851. The van der Waals surface area contributed by atoms with Crippen LogP contribution in [0, 0.1) is 0 Å². The number of hydrogen-bond donors (Lipinski definition) is 1. The highest BCUT2D eigenvalue weighted by molar-refractivity contribution is 5.91. The summed E-state index contributed by atoms with van der Waals surface area (Å²) in [6, 6.07) is 8.01. The fourth-order valence-electron chi connectivity index (χ4n) is 1.84. The van der Waals surface area contributed by atoms with Crippen LogP contribution in [0.5, 0.6) is 5.88 Å². The van der Waals surface area contributed by atoms with Crippen LogP contribution in [-0.4, -0.2) is 18.0 Å². The number of nitrogens with zero attached hydrogens (tertiary/aromatic N) is 1. The highest BCUT2D eigenvalue weighted by Gasteiger charge is 2.29. The third-order valence-electron chi connectivity index (χ3n) is 3.14. The summed E-state index contributed by atoms with van der Waals surface area (Å²) in [5, 5.41) is 2.66. The first-order chi connectivity index (χ1) is 11.4. The standard InChI is InChI=1S/C17H15F3N2O2/c1-24-16-9-5-13(11-22-16)10-21-15(23)8-4-12-2-6-14(7-3-12)17(18,19)20/h2-9,11H,10H2,1H3,(H,21,23)/b8-4+. The van der Waals surface area contributed by atoms with Crippen molar-refractivity contribution in [2.45, 2.75) is 12.7 Å². The monoisotopic (exact) mass is 336 g/mol. The number of pyridine rings is 1. The number of benzene rings is 1. The van der Waals surface area contributed by atoms with Crippen molar-refractivity contribution < 1.29 is 22.7 Å². The molecule has 0 bridgehead atoms. The molecule has 4 nitrogen and oxygen atoms in total. The van der Waals surface area contributed by atoms with E-state index in [1.807, 2.05) is 0 Å². The van der Waals surface area contributed by atoms with Crippen LogP contribution in [0.2, 0.25) is 0 Å². The summed E-state index contributed by atoms with van der Waals surface area (Å²) in [5.74, 6) is 0.123. The van der Waals surface area contributed by atoms with Gasteiger partial charge in [0.1, 0.15) is 0 Å². The minimum Gasteiger partial charge on any atom is -0.481 e. The molecule has 24 heavy (non-hydrogen) atoms. The topological polar surface area (TPSA) is 51.2 Å². The number of nitrogens with one attached hydrogen (secondary N) is 1. The first-order valence-corrected chi connectivity index (χ1v) is 7.00. The summed E-state index contributed by atoms with van der Waals surface area (Å²) in [6.45, 7) is 0.285. The smallest absolute Gasteiger partial charge is 0.416 e. The summed E-state index contributed by atoms with van der Waals surface area (Å²) >= 11 is 0. The van der Waals surface area contributed by atoms with Crippen molar-refractivity contribution in [2.24, 2.45) is 0 Å². The van der Waals surface area contributed by atoms with E-state index in [4.69, 9.17) is 4.74 Å². The van der Waals surface area contributed by atoms with Gasteiger partial charge in [0.2, 0.25) is 11.8 Å². The molecule has 2 rings (SSSR count). The van der Waals surface area contributed by atoms with E-state index in [0.717, 1.165) is 17.7 Å². The summed E-state index contributed by atoms with van der Waals surface area (Å²) in [4.78, 5) is 15.7. The zero-order chi connectivity index (χ0) is 17.6. The number of aromatic nitrogens is 1. The maximum atomic E-state index is 12.4. The van der Waals surface area contributed by atoms with Crippen LogP contribution in [0.1, 0.15) is 16.7 Å². The first-order valence-electron chi connectivity index (χ1n) is 7.00. The van der Waals surface area contributed by atoms with Gasteiger partial charge in [-0.1, -0.05) is 18.2 Å². The fraction of sp³-hybridized carbons (Fsp3) is 0.176. The summed E-state index contributed by atoms with van der Waals surface area (Å²) < 4.78 is 42.3. The van der Waals surface area contributed by atoms with E-state index in [1.54, 1.807) is 18.3 Å². The van der Waals surface area contributed by atoms with Crippen molar-refractivity contribution in [2.75, 3.05) is 7.11 Å². The fourth-order valence-corrected chi connectivity index (χ4v) is 1.84. The predicted molar refractivity (Wildman–Crippen MR) is 83.1 cm³/mol. The van der Waals surface area contributed by atoms with Gasteiger partial charge < -0.3 is 10.1 Å². The Hall–Kier alpha value is -2.83. The summed E-state index contributed by atoms with van der Waals surface area (Å²) in [7, 11) is 1.51. The lowest BCUT2D eigenvalue weighted by molar-refractivity contribution is -0.137. The Balaban J connectivity index is 1.88. The summed E-state index contributed by atoms with van der Waals surface area (Å²) in [5.41, 5.74) is 0.576. The predicted octanol–water partition coefficient (Wildman–Crippen LogP) is 3.44. The molecule has 1 aromatic carbocycles. The van der Waals surface area contributed by atoms with Gasteiger partial charge in [0, 0.05) is 24.9 Å². The number of halogens is 3. The molecule has 0 spiro atoms. The molecule has 0 saturated carbocycles. The number of amides is 1. The van der Waals surface area contributed by atoms with E-state index < -0.39 is 11.7 Å². The largest absolute Gasteiger partial charge is 0.481 e. The minimum absolute atomic E-state index is 0.285. The van der Waals surface area contributed by atoms with Gasteiger partial charge in [0.25, 0.3) is 0 Å². The van der Waals surface area contributed by atoms with Gasteiger partial charge in [-0.05, 0) is 29.3 Å². The SMILES string of the molecule is COc1ccc(CNC(=O)/C=C/c2ccc(C(F)(F)F)cc2)cn1. The Morgan fingerprint density at radius 1 is 1.21 bits per heavy atom. The molecule has 1 heterocycles. The average Bonchev–Trinajstić information content (AvgIpc) is 2.58. The van der Waals surface area contributed by atoms with Crippen molar-refractivity contribution in [1.82, 2.24) is 10.3 Å². The van der Waals surface area contributed by atoms with Crippen molar-refractivity contribution >= 4 is 12.0 Å². The molecule has 7 heteroatoms. The van der Waals surface area contributed by atoms with Gasteiger partial charge in [0.05, 0.1) is 12.7 Å². The maximum absolute atomic E-state index is 12.4. The molecule has 2 aromatic rings. The van der Waals surface area contributed by atoms with Crippen LogP contribution in [0.4, 0.5) is 13.2 Å². The molecule has 0 atom stereocenters. The van der Waals surface area contributed by atoms with Crippen LogP contribution >= 0.6 is 0 Å². The highest BCUT2D eigenvalue weighted by Crippen LogP contribution is 2.29. The second-order valence-electron chi connectivity index (χ2n) is 4.88. The lowest BCUT2D eigenvalue weighted by Gasteiger charge is -2.06. The van der Waals surface area contributed by atoms with Crippen LogP contribution < -0.4 is 10.1 Å². The van der Waals surface area contributed by atoms with Gasteiger partial charge in [-0.15, -0.1) is 0 Å². The molecule has 0 saturated heterocycles. The number of alkyl halides is 3. The van der Waals surface area contributed by atoms with Gasteiger partial charge in [-0.25, -0.2) is 4.98 Å². The second-order valence-corrected chi connectivity index (χ2v) is 4.88. The Labute approximate surface area is 137 Å².